The van der Waals surface area contributed by atoms with Crippen LogP contribution in [0, 0.1) is 0 Å². The Balaban J connectivity index is 1.52. The van der Waals surface area contributed by atoms with Crippen molar-refractivity contribution in [1.82, 2.24) is 9.97 Å². The molecule has 0 radical (unpaired) electrons. The van der Waals surface area contributed by atoms with Gasteiger partial charge in [-0.15, -0.1) is 11.3 Å². The average Bonchev–Trinajstić information content (AvgIpc) is 3.24. The number of ether oxygens (including phenoxy) is 2. The number of carbonyl (C=O) groups is 1. The Morgan fingerprint density at radius 1 is 1.18 bits per heavy atom. The fourth-order valence-electron chi connectivity index (χ4n) is 3.71. The molecule has 3 aromatic rings. The maximum absolute atomic E-state index is 11.6. The lowest BCUT2D eigenvalue weighted by atomic mass is 10.1. The maximum Gasteiger partial charge on any atom is 0.508 e. The number of hydrogen-bond acceptors (Lipinski definition) is 8. The fourth-order valence-corrected chi connectivity index (χ4v) is 4.99. The molecule has 3 heterocycles. The van der Waals surface area contributed by atoms with Gasteiger partial charge < -0.3 is 19.7 Å². The van der Waals surface area contributed by atoms with Crippen molar-refractivity contribution < 1.29 is 14.3 Å². The van der Waals surface area contributed by atoms with Crippen LogP contribution in [0.15, 0.2) is 24.3 Å². The standard InChI is InChI=1S/C23H26Cl2N4O3S/c1-3-16-12-17-20(26-13-14-5-6-18(24)19(25)11-14)27-22(28-21(17)33-16)29-9-7-15(8-10-29)32-23(30)31-4-2/h5-6,11-12,15H,3-4,7-10,13H2,1-2H3,(H,26,27,28). The van der Waals surface area contributed by atoms with E-state index in [1.807, 2.05) is 12.1 Å². The van der Waals surface area contributed by atoms with E-state index in [1.165, 1.54) is 4.88 Å². The van der Waals surface area contributed by atoms with Crippen molar-refractivity contribution in [2.75, 3.05) is 29.9 Å². The molecule has 1 aromatic carbocycles. The summed E-state index contributed by atoms with van der Waals surface area (Å²) in [5.41, 5.74) is 1.01. The molecule has 0 aliphatic carbocycles. The molecule has 1 N–H and O–H groups in total. The van der Waals surface area contributed by atoms with Gasteiger partial charge in [-0.05, 0) is 37.1 Å². The molecule has 176 valence electrons. The summed E-state index contributed by atoms with van der Waals surface area (Å²) in [6.45, 7) is 6.18. The van der Waals surface area contributed by atoms with Crippen LogP contribution in [-0.4, -0.2) is 41.9 Å². The number of aryl methyl sites for hydroxylation is 1. The molecule has 2 aromatic heterocycles. The summed E-state index contributed by atoms with van der Waals surface area (Å²) in [7, 11) is 0. The van der Waals surface area contributed by atoms with Crippen molar-refractivity contribution in [2.24, 2.45) is 0 Å². The van der Waals surface area contributed by atoms with Crippen LogP contribution >= 0.6 is 34.5 Å². The number of carbonyl (C=O) groups excluding carboxylic acids is 1. The molecular weight excluding hydrogens is 483 g/mol. The van der Waals surface area contributed by atoms with Gasteiger partial charge in [0.2, 0.25) is 5.95 Å². The first kappa shape index (κ1) is 23.9. The highest BCUT2D eigenvalue weighted by Gasteiger charge is 2.25. The topological polar surface area (TPSA) is 76.6 Å². The number of nitrogens with one attached hydrogen (secondary N) is 1. The Bertz CT molecular complexity index is 1130. The molecule has 1 saturated heterocycles. The number of anilines is 2. The Kier molecular flexibility index (Phi) is 7.78. The molecule has 1 aliphatic heterocycles. The third-order valence-corrected chi connectivity index (χ3v) is 7.39. The van der Waals surface area contributed by atoms with Crippen molar-refractivity contribution in [3.8, 4) is 0 Å². The van der Waals surface area contributed by atoms with Gasteiger partial charge >= 0.3 is 6.16 Å². The quantitative estimate of drug-likeness (QED) is 0.374. The zero-order chi connectivity index (χ0) is 23.4. The molecule has 33 heavy (non-hydrogen) atoms. The van der Waals surface area contributed by atoms with E-state index >= 15 is 0 Å². The third kappa shape index (κ3) is 5.80. The SMILES string of the molecule is CCOC(=O)OC1CCN(c2nc(NCc3ccc(Cl)c(Cl)c3)c3cc(CC)sc3n2)CC1. The summed E-state index contributed by atoms with van der Waals surface area (Å²) in [4.78, 5) is 25.7. The minimum atomic E-state index is -0.604. The van der Waals surface area contributed by atoms with E-state index in [-0.39, 0.29) is 6.10 Å². The predicted octanol–water partition coefficient (Wildman–Crippen LogP) is 6.31. The van der Waals surface area contributed by atoms with Gasteiger partial charge in [0.05, 0.1) is 22.0 Å². The number of aromatic nitrogens is 2. The summed E-state index contributed by atoms with van der Waals surface area (Å²) in [5.74, 6) is 1.47. The van der Waals surface area contributed by atoms with E-state index < -0.39 is 6.16 Å². The third-order valence-electron chi connectivity index (χ3n) is 5.47. The van der Waals surface area contributed by atoms with Crippen LogP contribution in [0.5, 0.6) is 0 Å². The highest BCUT2D eigenvalue weighted by Crippen LogP contribution is 2.32. The van der Waals surface area contributed by atoms with Gasteiger partial charge in [-0.2, -0.15) is 4.98 Å². The average molecular weight is 509 g/mol. The molecular formula is C23H26Cl2N4O3S. The van der Waals surface area contributed by atoms with Gasteiger partial charge in [-0.25, -0.2) is 9.78 Å². The van der Waals surface area contributed by atoms with Crippen LogP contribution in [0.2, 0.25) is 10.0 Å². The van der Waals surface area contributed by atoms with Crippen LogP contribution in [0.3, 0.4) is 0 Å². The Morgan fingerprint density at radius 3 is 2.67 bits per heavy atom. The van der Waals surface area contributed by atoms with E-state index in [1.54, 1.807) is 24.3 Å². The molecule has 0 bridgehead atoms. The number of halogens is 2. The number of piperidine rings is 1. The Morgan fingerprint density at radius 2 is 1.97 bits per heavy atom. The van der Waals surface area contributed by atoms with E-state index in [2.05, 4.69) is 23.2 Å². The number of benzene rings is 1. The van der Waals surface area contributed by atoms with Gasteiger partial charge in [-0.3, -0.25) is 0 Å². The van der Waals surface area contributed by atoms with E-state index in [9.17, 15) is 4.79 Å². The lowest BCUT2D eigenvalue weighted by molar-refractivity contribution is 0.0183. The van der Waals surface area contributed by atoms with Crippen LogP contribution in [0.1, 0.15) is 37.1 Å². The predicted molar refractivity (Wildman–Crippen MR) is 134 cm³/mol. The summed E-state index contributed by atoms with van der Waals surface area (Å²) in [6, 6.07) is 7.75. The monoisotopic (exact) mass is 508 g/mol. The van der Waals surface area contributed by atoms with E-state index in [4.69, 9.17) is 42.6 Å². The lowest BCUT2D eigenvalue weighted by Gasteiger charge is -2.31. The smallest absolute Gasteiger partial charge is 0.435 e. The molecule has 0 saturated carbocycles. The molecule has 10 heteroatoms. The van der Waals surface area contributed by atoms with Gasteiger partial charge in [0.15, 0.2) is 0 Å². The van der Waals surface area contributed by atoms with Gasteiger partial charge in [-0.1, -0.05) is 36.2 Å². The minimum absolute atomic E-state index is 0.148. The molecule has 0 unspecified atom stereocenters. The first-order valence-corrected chi connectivity index (χ1v) is 12.6. The van der Waals surface area contributed by atoms with E-state index in [0.29, 0.717) is 55.1 Å². The van der Waals surface area contributed by atoms with Crippen molar-refractivity contribution in [2.45, 2.75) is 45.8 Å². The normalized spacial score (nSPS) is 14.5. The largest absolute Gasteiger partial charge is 0.508 e. The second-order valence-corrected chi connectivity index (χ2v) is 9.68. The van der Waals surface area contributed by atoms with Gasteiger partial charge in [0.1, 0.15) is 16.8 Å². The number of nitrogens with zero attached hydrogens (tertiary/aromatic N) is 3. The number of fused-ring (bicyclic) bond motifs is 1. The number of hydrogen-bond donors (Lipinski definition) is 1. The van der Waals surface area contributed by atoms with Crippen LogP contribution in [0.4, 0.5) is 16.6 Å². The van der Waals surface area contributed by atoms with E-state index in [0.717, 1.165) is 28.0 Å². The maximum atomic E-state index is 11.6. The molecule has 1 fully saturated rings. The molecule has 0 atom stereocenters. The zero-order valence-electron chi connectivity index (χ0n) is 18.6. The molecule has 1 aliphatic rings. The first-order valence-electron chi connectivity index (χ1n) is 11.0. The second kappa shape index (κ2) is 10.8. The Hall–Kier alpha value is -2.29. The number of thiophene rings is 1. The Labute approximate surface area is 207 Å². The summed E-state index contributed by atoms with van der Waals surface area (Å²) in [5, 5.41) is 5.54. The van der Waals surface area contributed by atoms with Crippen molar-refractivity contribution in [1.29, 1.82) is 0 Å². The highest BCUT2D eigenvalue weighted by molar-refractivity contribution is 7.18. The van der Waals surface area contributed by atoms with Crippen molar-refractivity contribution >= 4 is 62.7 Å². The molecule has 0 spiro atoms. The van der Waals surface area contributed by atoms with Gasteiger partial charge in [0.25, 0.3) is 0 Å². The van der Waals surface area contributed by atoms with Crippen molar-refractivity contribution in [3.05, 3.63) is 44.8 Å². The highest BCUT2D eigenvalue weighted by atomic mass is 35.5. The second-order valence-electron chi connectivity index (χ2n) is 7.75. The van der Waals surface area contributed by atoms with Gasteiger partial charge in [0, 0.05) is 37.4 Å². The summed E-state index contributed by atoms with van der Waals surface area (Å²) in [6.07, 6.45) is 1.60. The van der Waals surface area contributed by atoms with Crippen LogP contribution < -0.4 is 10.2 Å². The minimum Gasteiger partial charge on any atom is -0.435 e. The van der Waals surface area contributed by atoms with Crippen molar-refractivity contribution in [3.63, 3.8) is 0 Å². The molecule has 7 nitrogen and oxygen atoms in total. The summed E-state index contributed by atoms with van der Waals surface area (Å²) < 4.78 is 10.3. The van der Waals surface area contributed by atoms with Crippen LogP contribution in [0.25, 0.3) is 10.2 Å². The number of rotatable bonds is 7. The first-order chi connectivity index (χ1) is 16.0. The molecule has 4 rings (SSSR count). The van der Waals surface area contributed by atoms with Crippen LogP contribution in [-0.2, 0) is 22.4 Å². The summed E-state index contributed by atoms with van der Waals surface area (Å²) >= 11 is 13.9. The zero-order valence-corrected chi connectivity index (χ0v) is 20.9. The molecule has 0 amide bonds. The fraction of sp³-hybridized carbons (Fsp3) is 0.435. The lowest BCUT2D eigenvalue weighted by Crippen LogP contribution is -2.39.